The fraction of sp³-hybridized carbons (Fsp3) is 0.194. The molecule has 1 saturated heterocycles. The van der Waals surface area contributed by atoms with Crippen LogP contribution in [0.5, 0.6) is 11.5 Å². The lowest BCUT2D eigenvalue weighted by atomic mass is 10.0. The van der Waals surface area contributed by atoms with E-state index in [4.69, 9.17) is 20.2 Å². The van der Waals surface area contributed by atoms with E-state index < -0.39 is 5.91 Å². The van der Waals surface area contributed by atoms with Crippen molar-refractivity contribution in [2.75, 3.05) is 20.8 Å². The van der Waals surface area contributed by atoms with E-state index in [1.165, 1.54) is 18.2 Å². The van der Waals surface area contributed by atoms with Crippen LogP contribution in [0.2, 0.25) is 0 Å². The number of amides is 2. The summed E-state index contributed by atoms with van der Waals surface area (Å²) in [6, 6.07) is 18.6. The first-order valence-corrected chi connectivity index (χ1v) is 13.3. The smallest absolute Gasteiger partial charge is 0.267 e. The first kappa shape index (κ1) is 26.9. The van der Waals surface area contributed by atoms with Crippen molar-refractivity contribution < 1.29 is 23.5 Å². The Hall–Kier alpha value is -5.32. The number of halogens is 1. The van der Waals surface area contributed by atoms with Crippen molar-refractivity contribution in [3.05, 3.63) is 83.9 Å². The van der Waals surface area contributed by atoms with Gasteiger partial charge in [0, 0.05) is 41.9 Å². The number of carbonyl (C=O) groups is 2. The Balaban J connectivity index is 1.51. The number of nitrogens with one attached hydrogen (secondary N) is 1. The third kappa shape index (κ3) is 5.00. The van der Waals surface area contributed by atoms with Crippen LogP contribution in [0.15, 0.2) is 66.7 Å². The number of hydrogen-bond acceptors (Lipinski definition) is 7. The first-order valence-electron chi connectivity index (χ1n) is 13.3. The Morgan fingerprint density at radius 3 is 2.52 bits per heavy atom. The maximum atomic E-state index is 13.9. The van der Waals surface area contributed by atoms with Crippen molar-refractivity contribution in [3.8, 4) is 40.0 Å². The molecule has 0 spiro atoms. The number of rotatable bonds is 8. The largest absolute Gasteiger partial charge is 0.497 e. The van der Waals surface area contributed by atoms with E-state index in [1.807, 2.05) is 34.9 Å². The fourth-order valence-electron chi connectivity index (χ4n) is 5.18. The molecule has 0 radical (unpaired) electrons. The van der Waals surface area contributed by atoms with Gasteiger partial charge in [-0.3, -0.25) is 14.2 Å². The van der Waals surface area contributed by atoms with E-state index in [0.29, 0.717) is 70.6 Å². The quantitative estimate of drug-likeness (QED) is 0.289. The maximum absolute atomic E-state index is 13.9. The fourth-order valence-corrected chi connectivity index (χ4v) is 5.18. The summed E-state index contributed by atoms with van der Waals surface area (Å²) in [6.45, 7) is 0.610. The average molecular weight is 567 g/mol. The Bertz CT molecular complexity index is 1840. The van der Waals surface area contributed by atoms with Crippen LogP contribution >= 0.6 is 0 Å². The van der Waals surface area contributed by atoms with Crippen LogP contribution in [0.1, 0.15) is 22.6 Å². The molecule has 0 unspecified atom stereocenters. The number of fused-ring (bicyclic) bond motifs is 1. The molecule has 212 valence electrons. The molecule has 0 bridgehead atoms. The highest BCUT2D eigenvalue weighted by atomic mass is 19.1. The van der Waals surface area contributed by atoms with E-state index in [0.717, 1.165) is 5.52 Å². The summed E-state index contributed by atoms with van der Waals surface area (Å²) in [6.07, 6.45) is 1.05. The molecule has 2 aromatic heterocycles. The van der Waals surface area contributed by atoms with Gasteiger partial charge in [0.05, 0.1) is 30.8 Å². The highest BCUT2D eigenvalue weighted by molar-refractivity contribution is 5.92. The van der Waals surface area contributed by atoms with Crippen LogP contribution < -0.4 is 20.5 Å². The van der Waals surface area contributed by atoms with Crippen LogP contribution in [-0.4, -0.2) is 52.1 Å². The Morgan fingerprint density at radius 2 is 1.83 bits per heavy atom. The van der Waals surface area contributed by atoms with E-state index >= 15 is 0 Å². The second-order valence-electron chi connectivity index (χ2n) is 9.93. The van der Waals surface area contributed by atoms with Crippen LogP contribution in [0.25, 0.3) is 39.5 Å². The summed E-state index contributed by atoms with van der Waals surface area (Å²) in [5.41, 5.74) is 9.57. The number of methoxy groups -OCH3 is 2. The second kappa shape index (κ2) is 10.9. The van der Waals surface area contributed by atoms with E-state index in [1.54, 1.807) is 32.4 Å². The summed E-state index contributed by atoms with van der Waals surface area (Å²) in [5, 5.41) is 2.82. The molecule has 42 heavy (non-hydrogen) atoms. The molecule has 1 aliphatic heterocycles. The molecular formula is C31H27FN6O4. The van der Waals surface area contributed by atoms with Gasteiger partial charge in [0.15, 0.2) is 5.82 Å². The van der Waals surface area contributed by atoms with Crippen molar-refractivity contribution >= 4 is 22.8 Å². The van der Waals surface area contributed by atoms with E-state index in [2.05, 4.69) is 15.3 Å². The predicted molar refractivity (Wildman–Crippen MR) is 154 cm³/mol. The molecule has 2 amide bonds. The third-order valence-corrected chi connectivity index (χ3v) is 7.30. The summed E-state index contributed by atoms with van der Waals surface area (Å²) >= 11 is 0. The van der Waals surface area contributed by atoms with Crippen molar-refractivity contribution in [1.29, 1.82) is 0 Å². The Labute approximate surface area is 240 Å². The summed E-state index contributed by atoms with van der Waals surface area (Å²) in [5.74, 6) is 0.715. The minimum Gasteiger partial charge on any atom is -0.497 e. The molecule has 10 nitrogen and oxygen atoms in total. The van der Waals surface area contributed by atoms with Gasteiger partial charge in [0.2, 0.25) is 5.91 Å². The zero-order chi connectivity index (χ0) is 29.4. The minimum atomic E-state index is -0.689. The molecule has 1 atom stereocenters. The standard InChI is InChI=1S/C31H27FN6O4/c1-41-22-8-9-23(27(16-22)42-2)30-37-24-14-17(3-10-26(24)38(30)21-6-4-19(32)5-7-21)29-35-20(15-25(36-29)28(33)39)13-18-11-12-34-31(18)40/h3-10,14-16,18H,11-13H2,1-2H3,(H2,33,39)(H,34,40)/t18-/m1/s1. The molecule has 3 aromatic carbocycles. The highest BCUT2D eigenvalue weighted by Gasteiger charge is 2.26. The number of nitrogens with two attached hydrogens (primary N) is 1. The summed E-state index contributed by atoms with van der Waals surface area (Å²) in [7, 11) is 3.14. The van der Waals surface area contributed by atoms with Crippen LogP contribution in [0, 0.1) is 11.7 Å². The molecule has 6 rings (SSSR count). The predicted octanol–water partition coefficient (Wildman–Crippen LogP) is 4.08. The molecule has 5 aromatic rings. The number of nitrogens with zero attached hydrogens (tertiary/aromatic N) is 4. The third-order valence-electron chi connectivity index (χ3n) is 7.30. The summed E-state index contributed by atoms with van der Waals surface area (Å²) in [4.78, 5) is 38.4. The number of aromatic nitrogens is 4. The maximum Gasteiger partial charge on any atom is 0.267 e. The van der Waals surface area contributed by atoms with Crippen molar-refractivity contribution in [1.82, 2.24) is 24.8 Å². The van der Waals surface area contributed by atoms with E-state index in [-0.39, 0.29) is 23.3 Å². The first-order chi connectivity index (χ1) is 20.3. The normalized spacial score (nSPS) is 14.6. The van der Waals surface area contributed by atoms with E-state index in [9.17, 15) is 14.0 Å². The topological polar surface area (TPSA) is 134 Å². The lowest BCUT2D eigenvalue weighted by Crippen LogP contribution is -2.21. The van der Waals surface area contributed by atoms with Gasteiger partial charge < -0.3 is 20.5 Å². The average Bonchev–Trinajstić information content (AvgIpc) is 3.59. The molecule has 0 saturated carbocycles. The lowest BCUT2D eigenvalue weighted by Gasteiger charge is -2.13. The number of benzene rings is 3. The molecule has 3 heterocycles. The number of ether oxygens (including phenoxy) is 2. The van der Waals surface area contributed by atoms with Gasteiger partial charge in [-0.25, -0.2) is 19.3 Å². The van der Waals surface area contributed by atoms with Crippen LogP contribution in [0.3, 0.4) is 0 Å². The number of carbonyl (C=O) groups excluding carboxylic acids is 2. The highest BCUT2D eigenvalue weighted by Crippen LogP contribution is 2.37. The zero-order valence-corrected chi connectivity index (χ0v) is 22.9. The van der Waals surface area contributed by atoms with Crippen LogP contribution in [0.4, 0.5) is 4.39 Å². The molecule has 1 aliphatic rings. The van der Waals surface area contributed by atoms with Gasteiger partial charge in [-0.2, -0.15) is 0 Å². The van der Waals surface area contributed by atoms with Gasteiger partial charge >= 0.3 is 0 Å². The lowest BCUT2D eigenvalue weighted by molar-refractivity contribution is -0.122. The number of imidazole rings is 1. The molecule has 11 heteroatoms. The van der Waals surface area contributed by atoms with Gasteiger partial charge in [-0.15, -0.1) is 0 Å². The zero-order valence-electron chi connectivity index (χ0n) is 22.9. The minimum absolute atomic E-state index is 0.0370. The van der Waals surface area contributed by atoms with Gasteiger partial charge in [-0.1, -0.05) is 0 Å². The number of hydrogen-bond donors (Lipinski definition) is 2. The molecule has 3 N–H and O–H groups in total. The van der Waals surface area contributed by atoms with Crippen molar-refractivity contribution in [2.45, 2.75) is 12.8 Å². The van der Waals surface area contributed by atoms with Crippen molar-refractivity contribution in [2.24, 2.45) is 11.7 Å². The number of primary amides is 1. The monoisotopic (exact) mass is 566 g/mol. The van der Waals surface area contributed by atoms with Crippen LogP contribution in [-0.2, 0) is 11.2 Å². The van der Waals surface area contributed by atoms with Gasteiger partial charge in [0.25, 0.3) is 5.91 Å². The molecule has 1 fully saturated rings. The summed E-state index contributed by atoms with van der Waals surface area (Å²) < 4.78 is 26.8. The molecular weight excluding hydrogens is 539 g/mol. The van der Waals surface area contributed by atoms with Crippen molar-refractivity contribution in [3.63, 3.8) is 0 Å². The SMILES string of the molecule is COc1ccc(-c2nc3cc(-c4nc(C[C@H]5CCNC5=O)cc(C(N)=O)n4)ccc3n2-c2ccc(F)cc2)c(OC)c1. The Kier molecular flexibility index (Phi) is 6.99. The second-order valence-corrected chi connectivity index (χ2v) is 9.93. The van der Waals surface area contributed by atoms with Gasteiger partial charge in [-0.05, 0) is 67.1 Å². The Morgan fingerprint density at radius 1 is 1.02 bits per heavy atom. The van der Waals surface area contributed by atoms with Gasteiger partial charge in [0.1, 0.15) is 28.8 Å². The molecule has 0 aliphatic carbocycles.